The van der Waals surface area contributed by atoms with Crippen LogP contribution in [0.25, 0.3) is 0 Å². The molecule has 0 aliphatic rings. The van der Waals surface area contributed by atoms with E-state index >= 15 is 0 Å². The van der Waals surface area contributed by atoms with Crippen LogP contribution in [0.3, 0.4) is 0 Å². The summed E-state index contributed by atoms with van der Waals surface area (Å²) < 4.78 is 5.20. The molecule has 0 unspecified atom stereocenters. The molecule has 0 rings (SSSR count). The van der Waals surface area contributed by atoms with E-state index < -0.39 is 0 Å². The van der Waals surface area contributed by atoms with Gasteiger partial charge in [-0.05, 0) is 12.2 Å². The molecule has 0 saturated carbocycles. The molecule has 0 aromatic heterocycles. The maximum atomic E-state index is 5.20. The molecule has 0 spiro atoms. The van der Waals surface area contributed by atoms with E-state index in [9.17, 15) is 0 Å². The topological polar surface area (TPSA) is 9.23 Å². The number of allylic oxidation sites excluding steroid dienone is 6. The van der Waals surface area contributed by atoms with Crippen molar-refractivity contribution < 1.29 is 4.74 Å². The van der Waals surface area contributed by atoms with Crippen molar-refractivity contribution in [2.75, 3.05) is 0 Å². The summed E-state index contributed by atoms with van der Waals surface area (Å²) in [6, 6.07) is 0. The minimum Gasteiger partial charge on any atom is -0.459 e. The highest BCUT2D eigenvalue weighted by Gasteiger charge is 1.89. The van der Waals surface area contributed by atoms with Gasteiger partial charge in [0, 0.05) is 0 Å². The maximum absolute atomic E-state index is 5.20. The summed E-state index contributed by atoms with van der Waals surface area (Å²) in [6.07, 6.45) is 10.2. The van der Waals surface area contributed by atoms with Crippen LogP contribution in [0.15, 0.2) is 74.3 Å². The fraction of sp³-hybridized carbons (Fsp3) is 0.400. The predicted octanol–water partition coefficient (Wildman–Crippen LogP) is 7.62. The molecule has 0 radical (unpaired) electrons. The average Bonchev–Trinajstić information content (AvgIpc) is 2.58. The van der Waals surface area contributed by atoms with Gasteiger partial charge in [0.1, 0.15) is 11.5 Å². The Morgan fingerprint density at radius 2 is 0.857 bits per heavy atom. The number of hydrogen-bond acceptors (Lipinski definition) is 1. The second-order valence-electron chi connectivity index (χ2n) is 2.22. The first-order valence-corrected chi connectivity index (χ1v) is 7.84. The van der Waals surface area contributed by atoms with Gasteiger partial charge in [-0.3, -0.25) is 0 Å². The molecule has 0 heterocycles. The molecule has 0 saturated heterocycles. The SMILES string of the molecule is C=C/C=C\C(=C)OC(=C)/C=C\C=C.CC.CC.CC.CC. The zero-order valence-electron chi connectivity index (χ0n) is 15.7. The van der Waals surface area contributed by atoms with Crippen LogP contribution in [0.5, 0.6) is 0 Å². The smallest absolute Gasteiger partial charge is 0.120 e. The average molecular weight is 295 g/mol. The molecular formula is C20H38O. The highest BCUT2D eigenvalue weighted by Crippen LogP contribution is 2.05. The molecule has 1 heteroatoms. The summed E-state index contributed by atoms with van der Waals surface area (Å²) >= 11 is 0. The fourth-order valence-corrected chi connectivity index (χ4v) is 0.587. The van der Waals surface area contributed by atoms with Crippen LogP contribution in [0.4, 0.5) is 0 Å². The summed E-state index contributed by atoms with van der Waals surface area (Å²) in [5.41, 5.74) is 0. The van der Waals surface area contributed by atoms with Crippen molar-refractivity contribution in [3.63, 3.8) is 0 Å². The molecule has 0 bridgehead atoms. The van der Waals surface area contributed by atoms with E-state index in [-0.39, 0.29) is 0 Å². The van der Waals surface area contributed by atoms with Gasteiger partial charge in [-0.25, -0.2) is 0 Å². The molecule has 0 N–H and O–H groups in total. The summed E-state index contributed by atoms with van der Waals surface area (Å²) in [7, 11) is 0. The molecule has 0 atom stereocenters. The van der Waals surface area contributed by atoms with Gasteiger partial charge >= 0.3 is 0 Å². The Morgan fingerprint density at radius 1 is 0.619 bits per heavy atom. The van der Waals surface area contributed by atoms with Crippen molar-refractivity contribution in [2.24, 2.45) is 0 Å². The molecule has 0 fully saturated rings. The Labute approximate surface area is 135 Å². The van der Waals surface area contributed by atoms with E-state index in [4.69, 9.17) is 4.74 Å². The molecule has 1 nitrogen and oxygen atoms in total. The van der Waals surface area contributed by atoms with Gasteiger partial charge in [-0.2, -0.15) is 0 Å². The first-order valence-electron chi connectivity index (χ1n) is 7.84. The zero-order valence-corrected chi connectivity index (χ0v) is 15.7. The Bertz CT molecular complexity index is 240. The van der Waals surface area contributed by atoms with Crippen molar-refractivity contribution in [2.45, 2.75) is 55.4 Å². The Hall–Kier alpha value is -1.76. The zero-order chi connectivity index (χ0) is 18.1. The normalized spacial score (nSPS) is 7.43. The van der Waals surface area contributed by atoms with Crippen LogP contribution in [-0.2, 0) is 4.74 Å². The van der Waals surface area contributed by atoms with Gasteiger partial charge in [-0.1, -0.05) is 106 Å². The van der Waals surface area contributed by atoms with Crippen LogP contribution < -0.4 is 0 Å². The second-order valence-corrected chi connectivity index (χ2v) is 2.22. The number of ether oxygens (including phenoxy) is 1. The van der Waals surface area contributed by atoms with Gasteiger partial charge in [0.2, 0.25) is 0 Å². The first kappa shape index (κ1) is 31.6. The van der Waals surface area contributed by atoms with E-state index in [2.05, 4.69) is 26.3 Å². The molecular weight excluding hydrogens is 256 g/mol. The lowest BCUT2D eigenvalue weighted by Gasteiger charge is -2.02. The Morgan fingerprint density at radius 3 is 1.05 bits per heavy atom. The van der Waals surface area contributed by atoms with Crippen LogP contribution in [0, 0.1) is 0 Å². The van der Waals surface area contributed by atoms with E-state index in [0.29, 0.717) is 11.5 Å². The molecule has 0 aromatic rings. The third-order valence-corrected chi connectivity index (χ3v) is 1.10. The number of hydrogen-bond donors (Lipinski definition) is 0. The van der Waals surface area contributed by atoms with Gasteiger partial charge < -0.3 is 4.74 Å². The summed E-state index contributed by atoms with van der Waals surface area (Å²) in [5.74, 6) is 1.05. The largest absolute Gasteiger partial charge is 0.459 e. The van der Waals surface area contributed by atoms with Gasteiger partial charge in [0.15, 0.2) is 0 Å². The van der Waals surface area contributed by atoms with E-state index in [1.54, 1.807) is 36.5 Å². The molecule has 0 aliphatic carbocycles. The molecule has 124 valence electrons. The highest BCUT2D eigenvalue weighted by atomic mass is 16.5. The maximum Gasteiger partial charge on any atom is 0.120 e. The van der Waals surface area contributed by atoms with Gasteiger partial charge in [0.25, 0.3) is 0 Å². The van der Waals surface area contributed by atoms with Crippen LogP contribution in [0.2, 0.25) is 0 Å². The predicted molar refractivity (Wildman–Crippen MR) is 103 cm³/mol. The third kappa shape index (κ3) is 45.9. The Kier molecular flexibility index (Phi) is 64.5. The van der Waals surface area contributed by atoms with Crippen LogP contribution in [-0.4, -0.2) is 0 Å². The monoisotopic (exact) mass is 294 g/mol. The van der Waals surface area contributed by atoms with Crippen molar-refractivity contribution in [3.8, 4) is 0 Å². The van der Waals surface area contributed by atoms with Crippen LogP contribution >= 0.6 is 0 Å². The third-order valence-electron chi connectivity index (χ3n) is 1.10. The standard InChI is InChI=1S/C12H14O.4C2H6/c1-5-7-9-11(3)13-12(4)10-8-6-2;4*1-2/h5-10H,1-4H2;4*1-2H3/b9-7-,10-8-;;;;. The quantitative estimate of drug-likeness (QED) is 0.361. The summed E-state index contributed by atoms with van der Waals surface area (Å²) in [5, 5.41) is 0. The minimum atomic E-state index is 0.526. The summed E-state index contributed by atoms with van der Waals surface area (Å²) in [4.78, 5) is 0. The van der Waals surface area contributed by atoms with Crippen molar-refractivity contribution in [1.82, 2.24) is 0 Å². The van der Waals surface area contributed by atoms with Crippen molar-refractivity contribution in [3.05, 3.63) is 74.3 Å². The molecule has 0 aliphatic heterocycles. The van der Waals surface area contributed by atoms with E-state index in [0.717, 1.165) is 0 Å². The van der Waals surface area contributed by atoms with Gasteiger partial charge in [0.05, 0.1) is 0 Å². The summed E-state index contributed by atoms with van der Waals surface area (Å²) in [6.45, 7) is 30.4. The van der Waals surface area contributed by atoms with E-state index in [1.165, 1.54) is 0 Å². The molecule has 21 heavy (non-hydrogen) atoms. The van der Waals surface area contributed by atoms with Crippen molar-refractivity contribution >= 4 is 0 Å². The van der Waals surface area contributed by atoms with E-state index in [1.807, 2.05) is 55.4 Å². The minimum absolute atomic E-state index is 0.526. The fourth-order valence-electron chi connectivity index (χ4n) is 0.587. The lowest BCUT2D eigenvalue weighted by molar-refractivity contribution is 0.340. The Balaban J connectivity index is -0.0000000912. The first-order chi connectivity index (χ1) is 10.2. The molecule has 0 aromatic carbocycles. The lowest BCUT2D eigenvalue weighted by Crippen LogP contribution is -1.84. The van der Waals surface area contributed by atoms with Crippen LogP contribution in [0.1, 0.15) is 55.4 Å². The molecule has 0 amide bonds. The van der Waals surface area contributed by atoms with Gasteiger partial charge in [-0.15, -0.1) is 0 Å². The van der Waals surface area contributed by atoms with Crippen molar-refractivity contribution in [1.29, 1.82) is 0 Å². The highest BCUT2D eigenvalue weighted by molar-refractivity contribution is 5.19. The second kappa shape index (κ2) is 42.9. The number of rotatable bonds is 6. The lowest BCUT2D eigenvalue weighted by atomic mass is 10.4.